The zero-order valence-corrected chi connectivity index (χ0v) is 16.5. The van der Waals surface area contributed by atoms with Crippen molar-refractivity contribution in [2.24, 2.45) is 11.7 Å². The van der Waals surface area contributed by atoms with E-state index in [1.165, 1.54) is 0 Å². The predicted octanol–water partition coefficient (Wildman–Crippen LogP) is 3.46. The Hall–Kier alpha value is -3.55. The molecule has 0 aliphatic rings. The van der Waals surface area contributed by atoms with Gasteiger partial charge in [-0.2, -0.15) is 0 Å². The molecule has 0 saturated carbocycles. The van der Waals surface area contributed by atoms with Gasteiger partial charge >= 0.3 is 12.1 Å². The zero-order chi connectivity index (χ0) is 21.2. The van der Waals surface area contributed by atoms with Crippen LogP contribution in [0.1, 0.15) is 25.8 Å². The molecule has 2 rings (SSSR count). The van der Waals surface area contributed by atoms with E-state index in [4.69, 9.17) is 10.5 Å². The van der Waals surface area contributed by atoms with E-state index in [2.05, 4.69) is 16.0 Å². The molecule has 0 aromatic heterocycles. The third-order valence-corrected chi connectivity index (χ3v) is 4.40. The average Bonchev–Trinajstić information content (AvgIpc) is 2.71. The lowest BCUT2D eigenvalue weighted by atomic mass is 9.98. The first-order valence-corrected chi connectivity index (χ1v) is 9.33. The number of hydrogen-bond donors (Lipinski definition) is 4. The summed E-state index contributed by atoms with van der Waals surface area (Å²) in [7, 11) is 0. The van der Waals surface area contributed by atoms with Crippen molar-refractivity contribution in [2.75, 3.05) is 10.6 Å². The van der Waals surface area contributed by atoms with Gasteiger partial charge in [0.15, 0.2) is 0 Å². The van der Waals surface area contributed by atoms with E-state index in [0.29, 0.717) is 17.8 Å². The number of urea groups is 1. The number of carbonyl (C=O) groups excluding carboxylic acids is 3. The van der Waals surface area contributed by atoms with Crippen LogP contribution in [0.3, 0.4) is 0 Å². The number of nitrogens with one attached hydrogen (secondary N) is 3. The van der Waals surface area contributed by atoms with Crippen molar-refractivity contribution < 1.29 is 19.1 Å². The van der Waals surface area contributed by atoms with Crippen LogP contribution in [0.15, 0.2) is 54.6 Å². The smallest absolute Gasteiger partial charge is 0.408 e. The Morgan fingerprint density at radius 3 is 2.10 bits per heavy atom. The molecule has 154 valence electrons. The van der Waals surface area contributed by atoms with Gasteiger partial charge in [0.2, 0.25) is 5.91 Å². The lowest BCUT2D eigenvalue weighted by Gasteiger charge is -2.23. The highest BCUT2D eigenvalue weighted by Gasteiger charge is 2.26. The van der Waals surface area contributed by atoms with Gasteiger partial charge in [-0.05, 0) is 35.7 Å². The third kappa shape index (κ3) is 7.17. The van der Waals surface area contributed by atoms with Gasteiger partial charge in [-0.25, -0.2) is 9.59 Å². The van der Waals surface area contributed by atoms with E-state index in [9.17, 15) is 14.4 Å². The summed E-state index contributed by atoms with van der Waals surface area (Å²) in [6.07, 6.45) is 0.0359. The molecule has 4 amide bonds. The van der Waals surface area contributed by atoms with Gasteiger partial charge in [0, 0.05) is 11.4 Å². The summed E-state index contributed by atoms with van der Waals surface area (Å²) in [6, 6.07) is 14.3. The fraction of sp³-hybridized carbons (Fsp3) is 0.286. The van der Waals surface area contributed by atoms with Crippen LogP contribution >= 0.6 is 0 Å². The summed E-state index contributed by atoms with van der Waals surface area (Å²) in [5.74, 6) is -0.457. The Morgan fingerprint density at radius 1 is 0.966 bits per heavy atom. The van der Waals surface area contributed by atoms with Crippen molar-refractivity contribution in [3.05, 3.63) is 60.2 Å². The van der Waals surface area contributed by atoms with E-state index in [1.807, 2.05) is 44.2 Å². The number of hydrogen-bond acceptors (Lipinski definition) is 4. The Labute approximate surface area is 169 Å². The fourth-order valence-electron chi connectivity index (χ4n) is 2.59. The topological polar surface area (TPSA) is 123 Å². The van der Waals surface area contributed by atoms with Crippen molar-refractivity contribution in [1.82, 2.24) is 5.32 Å². The number of alkyl carbamates (subject to hydrolysis) is 1. The quantitative estimate of drug-likeness (QED) is 0.544. The summed E-state index contributed by atoms with van der Waals surface area (Å²) < 4.78 is 5.22. The Kier molecular flexibility index (Phi) is 8.02. The van der Waals surface area contributed by atoms with E-state index >= 15 is 0 Å². The average molecular weight is 398 g/mol. The summed E-state index contributed by atoms with van der Waals surface area (Å²) >= 11 is 0. The molecule has 2 aromatic rings. The van der Waals surface area contributed by atoms with Crippen molar-refractivity contribution in [3.63, 3.8) is 0 Å². The van der Waals surface area contributed by atoms with Gasteiger partial charge < -0.3 is 26.4 Å². The maximum atomic E-state index is 12.7. The number of carbonyl (C=O) groups is 3. The normalized spacial score (nSPS) is 12.3. The molecule has 0 aliphatic carbocycles. The molecule has 5 N–H and O–H groups in total. The van der Waals surface area contributed by atoms with Crippen LogP contribution in [-0.2, 0) is 16.1 Å². The van der Waals surface area contributed by atoms with Crippen LogP contribution in [0.5, 0.6) is 0 Å². The highest BCUT2D eigenvalue weighted by Crippen LogP contribution is 2.16. The van der Waals surface area contributed by atoms with Gasteiger partial charge in [0.25, 0.3) is 0 Å². The molecular formula is C21H26N4O4. The lowest BCUT2D eigenvalue weighted by Crippen LogP contribution is -2.47. The molecule has 0 unspecified atom stereocenters. The molecule has 29 heavy (non-hydrogen) atoms. The SMILES string of the molecule is CC[C@H](C)[C@H](NC(=O)OCc1ccccc1)C(=O)Nc1ccc(NC(N)=O)cc1. The minimum atomic E-state index is -0.758. The molecule has 0 aliphatic heterocycles. The molecule has 0 heterocycles. The molecule has 2 atom stereocenters. The van der Waals surface area contributed by atoms with E-state index in [1.54, 1.807) is 24.3 Å². The van der Waals surface area contributed by atoms with Crippen molar-refractivity contribution in [1.29, 1.82) is 0 Å². The van der Waals surface area contributed by atoms with Crippen LogP contribution in [0.25, 0.3) is 0 Å². The number of benzene rings is 2. The second-order valence-corrected chi connectivity index (χ2v) is 6.63. The highest BCUT2D eigenvalue weighted by atomic mass is 16.5. The fourth-order valence-corrected chi connectivity index (χ4v) is 2.59. The Balaban J connectivity index is 1.96. The minimum absolute atomic E-state index is 0.102. The van der Waals surface area contributed by atoms with Gasteiger partial charge in [0.1, 0.15) is 12.6 Å². The van der Waals surface area contributed by atoms with Gasteiger partial charge in [-0.3, -0.25) is 4.79 Å². The van der Waals surface area contributed by atoms with Crippen molar-refractivity contribution >= 4 is 29.4 Å². The molecule has 8 nitrogen and oxygen atoms in total. The molecule has 8 heteroatoms. The number of anilines is 2. The van der Waals surface area contributed by atoms with Crippen LogP contribution in [0.4, 0.5) is 21.0 Å². The minimum Gasteiger partial charge on any atom is -0.445 e. The zero-order valence-electron chi connectivity index (χ0n) is 16.5. The first kappa shape index (κ1) is 21.7. The third-order valence-electron chi connectivity index (χ3n) is 4.40. The predicted molar refractivity (Wildman–Crippen MR) is 111 cm³/mol. The molecular weight excluding hydrogens is 372 g/mol. The largest absolute Gasteiger partial charge is 0.445 e. The molecule has 0 bridgehead atoms. The number of ether oxygens (including phenoxy) is 1. The molecule has 2 aromatic carbocycles. The van der Waals surface area contributed by atoms with Crippen LogP contribution in [0.2, 0.25) is 0 Å². The van der Waals surface area contributed by atoms with Crippen LogP contribution < -0.4 is 21.7 Å². The molecule has 0 saturated heterocycles. The summed E-state index contributed by atoms with van der Waals surface area (Å²) in [6.45, 7) is 3.93. The standard InChI is InChI=1S/C21H26N4O4/c1-3-14(2)18(25-21(28)29-13-15-7-5-4-6-8-15)19(26)23-16-9-11-17(12-10-16)24-20(22)27/h4-12,14,18H,3,13H2,1-2H3,(H,23,26)(H,25,28)(H3,22,24,27)/t14-,18-/m0/s1. The van der Waals surface area contributed by atoms with E-state index < -0.39 is 18.2 Å². The van der Waals surface area contributed by atoms with Crippen molar-refractivity contribution in [3.8, 4) is 0 Å². The summed E-state index contributed by atoms with van der Waals surface area (Å²) in [5.41, 5.74) is 6.96. The highest BCUT2D eigenvalue weighted by molar-refractivity contribution is 5.97. The number of nitrogens with two attached hydrogens (primary N) is 1. The number of amides is 4. The molecule has 0 spiro atoms. The van der Waals surface area contributed by atoms with Gasteiger partial charge in [-0.1, -0.05) is 50.6 Å². The Morgan fingerprint density at radius 2 is 1.55 bits per heavy atom. The van der Waals surface area contributed by atoms with Crippen LogP contribution in [0, 0.1) is 5.92 Å². The lowest BCUT2D eigenvalue weighted by molar-refractivity contribution is -0.119. The van der Waals surface area contributed by atoms with Crippen molar-refractivity contribution in [2.45, 2.75) is 32.9 Å². The Bertz CT molecular complexity index is 824. The number of primary amides is 1. The van der Waals surface area contributed by atoms with Gasteiger partial charge in [-0.15, -0.1) is 0 Å². The van der Waals surface area contributed by atoms with E-state index in [0.717, 1.165) is 5.56 Å². The van der Waals surface area contributed by atoms with Gasteiger partial charge in [0.05, 0.1) is 0 Å². The summed E-state index contributed by atoms with van der Waals surface area (Å²) in [4.78, 5) is 35.8. The maximum absolute atomic E-state index is 12.7. The van der Waals surface area contributed by atoms with Crippen LogP contribution in [-0.4, -0.2) is 24.1 Å². The first-order chi connectivity index (χ1) is 13.9. The molecule has 0 radical (unpaired) electrons. The molecule has 0 fully saturated rings. The first-order valence-electron chi connectivity index (χ1n) is 9.33. The summed E-state index contributed by atoms with van der Waals surface area (Å²) in [5, 5.41) is 7.85. The maximum Gasteiger partial charge on any atom is 0.408 e. The number of rotatable bonds is 8. The monoisotopic (exact) mass is 398 g/mol. The second-order valence-electron chi connectivity index (χ2n) is 6.63. The van der Waals surface area contributed by atoms with E-state index in [-0.39, 0.29) is 18.4 Å². The second kappa shape index (κ2) is 10.7.